The van der Waals surface area contributed by atoms with Crippen LogP contribution in [-0.4, -0.2) is 39.7 Å². The van der Waals surface area contributed by atoms with Crippen LogP contribution in [0.4, 0.5) is 0 Å². The van der Waals surface area contributed by atoms with Crippen LogP contribution in [-0.2, 0) is 4.79 Å². The van der Waals surface area contributed by atoms with Gasteiger partial charge in [-0.2, -0.15) is 0 Å². The van der Waals surface area contributed by atoms with E-state index in [2.05, 4.69) is 24.8 Å². The van der Waals surface area contributed by atoms with Gasteiger partial charge in [0.1, 0.15) is 4.32 Å². The largest absolute Gasteiger partial charge is 0.375 e. The van der Waals surface area contributed by atoms with E-state index in [1.807, 2.05) is 6.92 Å². The van der Waals surface area contributed by atoms with E-state index in [0.29, 0.717) is 10.9 Å². The molecule has 0 bridgehead atoms. The van der Waals surface area contributed by atoms with Crippen molar-refractivity contribution in [2.24, 2.45) is 5.41 Å². The van der Waals surface area contributed by atoms with Crippen molar-refractivity contribution in [1.82, 2.24) is 9.80 Å². The highest BCUT2D eigenvalue weighted by atomic mass is 32.2. The third-order valence-corrected chi connectivity index (χ3v) is 6.40. The van der Waals surface area contributed by atoms with Gasteiger partial charge >= 0.3 is 0 Å². The van der Waals surface area contributed by atoms with Gasteiger partial charge in [-0.1, -0.05) is 37.8 Å². The zero-order chi connectivity index (χ0) is 16.6. The molecule has 0 spiro atoms. The molecule has 0 aromatic heterocycles. The summed E-state index contributed by atoms with van der Waals surface area (Å²) < 4.78 is 0.705. The Bertz CT molecular complexity index is 586. The molecule has 2 saturated heterocycles. The lowest BCUT2D eigenvalue weighted by Gasteiger charge is -2.39. The normalized spacial score (nSPS) is 28.4. The fourth-order valence-corrected chi connectivity index (χ4v) is 5.19. The maximum atomic E-state index is 12.7. The maximum Gasteiger partial charge on any atom is 0.266 e. The van der Waals surface area contributed by atoms with Crippen LogP contribution in [0.3, 0.4) is 0 Å². The average Bonchev–Trinajstić information content (AvgIpc) is 2.81. The van der Waals surface area contributed by atoms with Gasteiger partial charge in [-0.3, -0.25) is 9.69 Å². The number of allylic oxidation sites excluding steroid dienone is 3. The summed E-state index contributed by atoms with van der Waals surface area (Å²) in [6.45, 7) is 9.58. The molecular weight excluding hydrogens is 324 g/mol. The molecule has 0 aromatic carbocycles. The van der Waals surface area contributed by atoms with E-state index in [-0.39, 0.29) is 11.3 Å². The van der Waals surface area contributed by atoms with Crippen molar-refractivity contribution in [3.63, 3.8) is 0 Å². The molecule has 0 atom stereocenters. The second kappa shape index (κ2) is 6.60. The molecule has 0 saturated carbocycles. The molecule has 2 heterocycles. The van der Waals surface area contributed by atoms with Gasteiger partial charge in [0.05, 0.1) is 4.91 Å². The summed E-state index contributed by atoms with van der Waals surface area (Å²) in [5, 5.41) is 0. The molecule has 3 rings (SSSR count). The van der Waals surface area contributed by atoms with Gasteiger partial charge in [0.2, 0.25) is 0 Å². The number of nitrogens with zero attached hydrogens (tertiary/aromatic N) is 2. The molecule has 2 aliphatic heterocycles. The number of amides is 1. The molecule has 0 N–H and O–H groups in total. The van der Waals surface area contributed by atoms with E-state index in [0.717, 1.165) is 30.8 Å². The summed E-state index contributed by atoms with van der Waals surface area (Å²) in [5.74, 6) is 0.101. The molecule has 1 aliphatic carbocycles. The van der Waals surface area contributed by atoms with E-state index in [1.54, 1.807) is 4.90 Å². The number of piperidine rings is 1. The Labute approximate surface area is 149 Å². The maximum absolute atomic E-state index is 12.7. The minimum atomic E-state index is 0.101. The van der Waals surface area contributed by atoms with E-state index in [1.165, 1.54) is 42.3 Å². The SMILES string of the molecule is CCN1C(=O)C(=C2C=C(N3CCCCC3)CC(C)(C)C2)SC1=S. The van der Waals surface area contributed by atoms with Crippen LogP contribution in [0.5, 0.6) is 0 Å². The second-order valence-corrected chi connectivity index (χ2v) is 9.12. The first kappa shape index (κ1) is 17.0. The monoisotopic (exact) mass is 350 g/mol. The topological polar surface area (TPSA) is 23.6 Å². The highest BCUT2D eigenvalue weighted by Gasteiger charge is 2.36. The molecule has 2 fully saturated rings. The van der Waals surface area contributed by atoms with E-state index < -0.39 is 0 Å². The van der Waals surface area contributed by atoms with Crippen LogP contribution in [0.15, 0.2) is 22.3 Å². The highest BCUT2D eigenvalue weighted by Crippen LogP contribution is 2.44. The number of likely N-dealkylation sites (tertiary alicyclic amines) is 1. The number of hydrogen-bond donors (Lipinski definition) is 0. The number of carbonyl (C=O) groups excluding carboxylic acids is 1. The zero-order valence-corrected chi connectivity index (χ0v) is 16.0. The van der Waals surface area contributed by atoms with Gasteiger partial charge in [-0.15, -0.1) is 0 Å². The van der Waals surface area contributed by atoms with Crippen LogP contribution in [0.1, 0.15) is 52.9 Å². The molecule has 5 heteroatoms. The van der Waals surface area contributed by atoms with Crippen molar-refractivity contribution in [2.75, 3.05) is 19.6 Å². The standard InChI is InChI=1S/C18H26N2OS2/c1-4-20-16(21)15(23-17(20)22)13-10-14(12-18(2,3)11-13)19-8-6-5-7-9-19/h10H,4-9,11-12H2,1-3H3. The fraction of sp³-hybridized carbons (Fsp3) is 0.667. The van der Waals surface area contributed by atoms with Gasteiger partial charge in [0.15, 0.2) is 0 Å². The summed E-state index contributed by atoms with van der Waals surface area (Å²) in [6.07, 6.45) is 8.26. The van der Waals surface area contributed by atoms with Crippen molar-refractivity contribution >= 4 is 34.2 Å². The first-order valence-electron chi connectivity index (χ1n) is 8.63. The Balaban J connectivity index is 1.95. The predicted octanol–water partition coefficient (Wildman–Crippen LogP) is 4.31. The molecule has 23 heavy (non-hydrogen) atoms. The van der Waals surface area contributed by atoms with Crippen LogP contribution in [0, 0.1) is 5.41 Å². The highest BCUT2D eigenvalue weighted by molar-refractivity contribution is 8.26. The third-order valence-electron chi connectivity index (χ3n) is 4.89. The fourth-order valence-electron chi connectivity index (χ4n) is 3.77. The van der Waals surface area contributed by atoms with Gasteiger partial charge in [-0.05, 0) is 56.1 Å². The summed E-state index contributed by atoms with van der Waals surface area (Å²) in [4.78, 5) is 17.8. The predicted molar refractivity (Wildman–Crippen MR) is 101 cm³/mol. The van der Waals surface area contributed by atoms with Crippen LogP contribution in [0.25, 0.3) is 0 Å². The molecule has 0 aromatic rings. The lowest BCUT2D eigenvalue weighted by atomic mass is 9.76. The van der Waals surface area contributed by atoms with Crippen molar-refractivity contribution in [3.8, 4) is 0 Å². The molecule has 3 aliphatic rings. The molecule has 0 unspecified atom stereocenters. The average molecular weight is 351 g/mol. The van der Waals surface area contributed by atoms with Crippen molar-refractivity contribution in [3.05, 3.63) is 22.3 Å². The summed E-state index contributed by atoms with van der Waals surface area (Å²) in [7, 11) is 0. The first-order valence-corrected chi connectivity index (χ1v) is 9.86. The first-order chi connectivity index (χ1) is 10.9. The van der Waals surface area contributed by atoms with Gasteiger partial charge in [-0.25, -0.2) is 0 Å². The molecule has 1 amide bonds. The molecule has 126 valence electrons. The quantitative estimate of drug-likeness (QED) is 0.547. The smallest absolute Gasteiger partial charge is 0.266 e. The van der Waals surface area contributed by atoms with Crippen molar-refractivity contribution < 1.29 is 4.79 Å². The Morgan fingerprint density at radius 3 is 2.52 bits per heavy atom. The Hall–Kier alpha value is -0.810. The zero-order valence-electron chi connectivity index (χ0n) is 14.4. The van der Waals surface area contributed by atoms with Crippen LogP contribution >= 0.6 is 24.0 Å². The van der Waals surface area contributed by atoms with E-state index in [9.17, 15) is 4.79 Å². The van der Waals surface area contributed by atoms with Crippen LogP contribution < -0.4 is 0 Å². The van der Waals surface area contributed by atoms with Gasteiger partial charge in [0, 0.05) is 25.3 Å². The van der Waals surface area contributed by atoms with E-state index >= 15 is 0 Å². The number of thioether (sulfide) groups is 1. The number of hydrogen-bond acceptors (Lipinski definition) is 4. The lowest BCUT2D eigenvalue weighted by molar-refractivity contribution is -0.122. The number of likely N-dealkylation sites (N-methyl/N-ethyl adjacent to an activating group) is 1. The van der Waals surface area contributed by atoms with Crippen LogP contribution in [0.2, 0.25) is 0 Å². The lowest BCUT2D eigenvalue weighted by Crippen LogP contribution is -2.33. The third kappa shape index (κ3) is 3.50. The molecule has 3 nitrogen and oxygen atoms in total. The summed E-state index contributed by atoms with van der Waals surface area (Å²) >= 11 is 6.86. The number of rotatable bonds is 2. The van der Waals surface area contributed by atoms with Gasteiger partial charge in [0.25, 0.3) is 5.91 Å². The Morgan fingerprint density at radius 1 is 1.22 bits per heavy atom. The Kier molecular flexibility index (Phi) is 4.88. The van der Waals surface area contributed by atoms with Gasteiger partial charge < -0.3 is 4.90 Å². The minimum absolute atomic E-state index is 0.101. The number of carbonyl (C=O) groups is 1. The summed E-state index contributed by atoms with van der Waals surface area (Å²) in [5.41, 5.74) is 2.80. The number of thiocarbonyl (C=S) groups is 1. The molecule has 0 radical (unpaired) electrons. The van der Waals surface area contributed by atoms with Crippen molar-refractivity contribution in [1.29, 1.82) is 0 Å². The summed E-state index contributed by atoms with van der Waals surface area (Å²) in [6, 6.07) is 0. The Morgan fingerprint density at radius 2 is 1.91 bits per heavy atom. The minimum Gasteiger partial charge on any atom is -0.375 e. The molecular formula is C18H26N2OS2. The van der Waals surface area contributed by atoms with E-state index in [4.69, 9.17) is 12.2 Å². The second-order valence-electron chi connectivity index (χ2n) is 7.47. The van der Waals surface area contributed by atoms with Crippen molar-refractivity contribution in [2.45, 2.75) is 52.9 Å².